The van der Waals surface area contributed by atoms with Crippen LogP contribution in [-0.2, 0) is 11.3 Å². The van der Waals surface area contributed by atoms with Crippen LogP contribution in [0.2, 0.25) is 0 Å². The molecule has 0 spiro atoms. The molecule has 1 aromatic heterocycles. The third-order valence-corrected chi connectivity index (χ3v) is 2.98. The minimum atomic E-state index is -0.230. The first-order chi connectivity index (χ1) is 6.22. The number of rotatable bonds is 2. The predicted molar refractivity (Wildman–Crippen MR) is 57.3 cm³/mol. The van der Waals surface area contributed by atoms with Gasteiger partial charge in [0.15, 0.2) is 0 Å². The van der Waals surface area contributed by atoms with Crippen molar-refractivity contribution >= 4 is 33.2 Å². The molecule has 0 radical (unpaired) electrons. The van der Waals surface area contributed by atoms with Gasteiger partial charge in [0.05, 0.1) is 6.54 Å². The molecule has 2 nitrogen and oxygen atoms in total. The third kappa shape index (κ3) is 3.62. The maximum absolute atomic E-state index is 10.9. The van der Waals surface area contributed by atoms with Gasteiger partial charge in [0.2, 0.25) is 0 Å². The van der Waals surface area contributed by atoms with Crippen LogP contribution in [0, 0.1) is 11.8 Å². The molecule has 13 heavy (non-hydrogen) atoms. The lowest BCUT2D eigenvalue weighted by Gasteiger charge is -1.95. The fraction of sp³-hybridized carbons (Fsp3) is 0.222. The average molecular weight is 258 g/mol. The van der Waals surface area contributed by atoms with Crippen molar-refractivity contribution in [2.45, 2.75) is 13.5 Å². The Morgan fingerprint density at radius 2 is 2.54 bits per heavy atom. The number of hydrogen-bond donors (Lipinski definition) is 1. The monoisotopic (exact) mass is 257 g/mol. The molecule has 1 N–H and O–H groups in total. The lowest BCUT2D eigenvalue weighted by molar-refractivity contribution is -0.115. The topological polar surface area (TPSA) is 29.1 Å². The van der Waals surface area contributed by atoms with E-state index < -0.39 is 0 Å². The molecule has 1 amide bonds. The van der Waals surface area contributed by atoms with Gasteiger partial charge in [0, 0.05) is 14.7 Å². The van der Waals surface area contributed by atoms with E-state index in [4.69, 9.17) is 0 Å². The van der Waals surface area contributed by atoms with Gasteiger partial charge in [-0.15, -0.1) is 11.3 Å². The van der Waals surface area contributed by atoms with Gasteiger partial charge in [-0.25, -0.2) is 0 Å². The van der Waals surface area contributed by atoms with E-state index in [1.807, 2.05) is 11.4 Å². The molecule has 4 heteroatoms. The number of thiophene rings is 1. The Balaban J connectivity index is 2.42. The molecule has 1 heterocycles. The molecule has 1 aromatic rings. The second kappa shape index (κ2) is 5.05. The molecule has 0 saturated heterocycles. The maximum atomic E-state index is 10.9. The predicted octanol–water partition coefficient (Wildman–Crippen LogP) is 2.15. The number of carbonyl (C=O) groups excluding carboxylic acids is 1. The third-order valence-electron chi connectivity index (χ3n) is 1.28. The highest BCUT2D eigenvalue weighted by Gasteiger charge is 1.98. The highest BCUT2D eigenvalue weighted by Crippen LogP contribution is 2.19. The van der Waals surface area contributed by atoms with E-state index in [2.05, 4.69) is 33.1 Å². The molecule has 1 rings (SSSR count). The van der Waals surface area contributed by atoms with Crippen LogP contribution in [0.15, 0.2) is 15.9 Å². The summed E-state index contributed by atoms with van der Waals surface area (Å²) in [7, 11) is 0. The lowest BCUT2D eigenvalue weighted by Crippen LogP contribution is -2.19. The van der Waals surface area contributed by atoms with Crippen LogP contribution in [0.25, 0.3) is 0 Å². The molecule has 0 aliphatic carbocycles. The van der Waals surface area contributed by atoms with Crippen LogP contribution >= 0.6 is 27.3 Å². The van der Waals surface area contributed by atoms with Gasteiger partial charge in [-0.3, -0.25) is 4.79 Å². The van der Waals surface area contributed by atoms with Gasteiger partial charge < -0.3 is 5.32 Å². The Bertz CT molecular complexity index is 361. The smallest absolute Gasteiger partial charge is 0.296 e. The largest absolute Gasteiger partial charge is 0.340 e. The van der Waals surface area contributed by atoms with Crippen LogP contribution in [-0.4, -0.2) is 5.91 Å². The molecule has 0 atom stereocenters. The molecule has 0 aliphatic heterocycles. The summed E-state index contributed by atoms with van der Waals surface area (Å²) in [5.41, 5.74) is 0. The summed E-state index contributed by atoms with van der Waals surface area (Å²) in [6.07, 6.45) is 0. The van der Waals surface area contributed by atoms with Crippen molar-refractivity contribution < 1.29 is 4.79 Å². The fourth-order valence-electron chi connectivity index (χ4n) is 0.772. The van der Waals surface area contributed by atoms with Crippen molar-refractivity contribution in [2.75, 3.05) is 0 Å². The molecule has 0 unspecified atom stereocenters. The quantitative estimate of drug-likeness (QED) is 0.809. The van der Waals surface area contributed by atoms with Crippen molar-refractivity contribution in [3.05, 3.63) is 20.8 Å². The summed E-state index contributed by atoms with van der Waals surface area (Å²) >= 11 is 4.94. The lowest BCUT2D eigenvalue weighted by atomic mass is 10.4. The summed E-state index contributed by atoms with van der Waals surface area (Å²) in [5, 5.41) is 4.67. The Labute approximate surface area is 89.5 Å². The minimum Gasteiger partial charge on any atom is -0.340 e. The van der Waals surface area contributed by atoms with Crippen LogP contribution in [0.3, 0.4) is 0 Å². The van der Waals surface area contributed by atoms with Crippen molar-refractivity contribution in [2.24, 2.45) is 0 Å². The van der Waals surface area contributed by atoms with Crippen LogP contribution in [0.4, 0.5) is 0 Å². The van der Waals surface area contributed by atoms with E-state index in [0.717, 1.165) is 9.35 Å². The Morgan fingerprint density at radius 3 is 3.08 bits per heavy atom. The van der Waals surface area contributed by atoms with E-state index in [0.29, 0.717) is 6.54 Å². The average Bonchev–Trinajstić information content (AvgIpc) is 2.49. The highest BCUT2D eigenvalue weighted by molar-refractivity contribution is 9.10. The van der Waals surface area contributed by atoms with Crippen molar-refractivity contribution in [1.29, 1.82) is 0 Å². The number of carbonyl (C=O) groups is 1. The van der Waals surface area contributed by atoms with Crippen molar-refractivity contribution in [3.8, 4) is 11.8 Å². The molecule has 0 fully saturated rings. The zero-order valence-electron chi connectivity index (χ0n) is 7.06. The summed E-state index contributed by atoms with van der Waals surface area (Å²) in [6, 6.07) is 1.98. The molecule has 0 aliphatic rings. The number of amides is 1. The highest BCUT2D eigenvalue weighted by atomic mass is 79.9. The van der Waals surface area contributed by atoms with Gasteiger partial charge in [-0.1, -0.05) is 5.92 Å². The second-order valence-electron chi connectivity index (χ2n) is 2.29. The molecule has 68 valence electrons. The Morgan fingerprint density at radius 1 is 1.77 bits per heavy atom. The maximum Gasteiger partial charge on any atom is 0.296 e. The number of hydrogen-bond acceptors (Lipinski definition) is 2. The van der Waals surface area contributed by atoms with E-state index >= 15 is 0 Å². The van der Waals surface area contributed by atoms with Gasteiger partial charge >= 0.3 is 0 Å². The van der Waals surface area contributed by atoms with E-state index in [9.17, 15) is 4.79 Å². The molecule has 0 saturated carbocycles. The Hall–Kier alpha value is -0.790. The standard InChI is InChI=1S/C9H8BrNOS/c1-2-3-9(12)11-5-8-4-7(10)6-13-8/h4,6H,5H2,1H3,(H,11,12). The number of nitrogens with one attached hydrogen (secondary N) is 1. The van der Waals surface area contributed by atoms with Crippen molar-refractivity contribution in [1.82, 2.24) is 5.32 Å². The summed E-state index contributed by atoms with van der Waals surface area (Å²) in [4.78, 5) is 12.0. The number of halogens is 1. The zero-order chi connectivity index (χ0) is 9.68. The first-order valence-corrected chi connectivity index (χ1v) is 5.33. The fourth-order valence-corrected chi connectivity index (χ4v) is 2.16. The molecular formula is C9H8BrNOS. The SMILES string of the molecule is CC#CC(=O)NCc1cc(Br)cs1. The zero-order valence-corrected chi connectivity index (χ0v) is 9.46. The summed E-state index contributed by atoms with van der Waals surface area (Å²) in [6.45, 7) is 2.19. The van der Waals surface area contributed by atoms with Gasteiger partial charge in [0.1, 0.15) is 0 Å². The van der Waals surface area contributed by atoms with E-state index in [1.165, 1.54) is 0 Å². The van der Waals surface area contributed by atoms with Crippen LogP contribution in [0.5, 0.6) is 0 Å². The van der Waals surface area contributed by atoms with E-state index in [-0.39, 0.29) is 5.91 Å². The Kier molecular flexibility index (Phi) is 4.00. The normalized spacial score (nSPS) is 8.77. The van der Waals surface area contributed by atoms with Crippen molar-refractivity contribution in [3.63, 3.8) is 0 Å². The van der Waals surface area contributed by atoms with E-state index in [1.54, 1.807) is 18.3 Å². The van der Waals surface area contributed by atoms with Gasteiger partial charge in [-0.2, -0.15) is 0 Å². The minimum absolute atomic E-state index is 0.230. The molecule has 0 aromatic carbocycles. The summed E-state index contributed by atoms with van der Waals surface area (Å²) in [5.74, 6) is 4.73. The molecular weight excluding hydrogens is 250 g/mol. The van der Waals surface area contributed by atoms with Gasteiger partial charge in [-0.05, 0) is 34.8 Å². The first kappa shape index (κ1) is 10.3. The second-order valence-corrected chi connectivity index (χ2v) is 4.20. The van der Waals surface area contributed by atoms with Crippen LogP contribution in [0.1, 0.15) is 11.8 Å². The summed E-state index contributed by atoms with van der Waals surface area (Å²) < 4.78 is 1.04. The van der Waals surface area contributed by atoms with Gasteiger partial charge in [0.25, 0.3) is 5.91 Å². The van der Waals surface area contributed by atoms with Crippen LogP contribution < -0.4 is 5.32 Å². The molecule has 0 bridgehead atoms. The first-order valence-electron chi connectivity index (χ1n) is 3.66.